The third-order valence-corrected chi connectivity index (χ3v) is 6.36. The molecule has 0 amide bonds. The molecule has 2 rings (SSSR count). The molecule has 0 unspecified atom stereocenters. The highest BCUT2D eigenvalue weighted by Crippen LogP contribution is 2.30. The van der Waals surface area contributed by atoms with Gasteiger partial charge < -0.3 is 0 Å². The Morgan fingerprint density at radius 1 is 1.10 bits per heavy atom. The Hall–Kier alpha value is -0.630. The number of nitrogens with one attached hydrogen (secondary N) is 1. The lowest BCUT2D eigenvalue weighted by Gasteiger charge is -2.11. The number of pyridine rings is 1. The molecule has 0 saturated heterocycles. The zero-order valence-corrected chi connectivity index (χ0v) is 15.9. The van der Waals surface area contributed by atoms with Gasteiger partial charge in [-0.3, -0.25) is 4.72 Å². The molecule has 8 heteroatoms. The van der Waals surface area contributed by atoms with E-state index in [4.69, 9.17) is 11.6 Å². The van der Waals surface area contributed by atoms with Gasteiger partial charge in [-0.05, 0) is 59.1 Å². The van der Waals surface area contributed by atoms with Crippen molar-refractivity contribution in [1.82, 2.24) is 4.98 Å². The fraction of sp³-hybridized carbons (Fsp3) is 0.154. The quantitative estimate of drug-likeness (QED) is 0.686. The smallest absolute Gasteiger partial charge is 0.263 e. The predicted molar refractivity (Wildman–Crippen MR) is 91.4 cm³/mol. The van der Waals surface area contributed by atoms with Crippen molar-refractivity contribution in [2.75, 3.05) is 4.72 Å². The van der Waals surface area contributed by atoms with Gasteiger partial charge in [0.25, 0.3) is 10.0 Å². The molecule has 0 fully saturated rings. The van der Waals surface area contributed by atoms with Crippen LogP contribution in [0, 0.1) is 13.8 Å². The van der Waals surface area contributed by atoms with E-state index in [2.05, 4.69) is 41.6 Å². The summed E-state index contributed by atoms with van der Waals surface area (Å²) >= 11 is 12.4. The van der Waals surface area contributed by atoms with E-state index < -0.39 is 10.0 Å². The molecule has 0 saturated carbocycles. The minimum absolute atomic E-state index is 0.146. The van der Waals surface area contributed by atoms with Crippen LogP contribution < -0.4 is 4.72 Å². The summed E-state index contributed by atoms with van der Waals surface area (Å²) in [6, 6.07) is 4.92. The number of benzene rings is 1. The van der Waals surface area contributed by atoms with Crippen molar-refractivity contribution < 1.29 is 8.42 Å². The van der Waals surface area contributed by atoms with Crippen LogP contribution in [0.5, 0.6) is 0 Å². The summed E-state index contributed by atoms with van der Waals surface area (Å²) in [5, 5.41) is 0.345. The minimum atomic E-state index is -3.72. The Labute approximate surface area is 145 Å². The van der Waals surface area contributed by atoms with Crippen molar-refractivity contribution in [3.05, 3.63) is 49.6 Å². The average Bonchev–Trinajstić information content (AvgIpc) is 2.37. The van der Waals surface area contributed by atoms with Crippen LogP contribution in [0.1, 0.15) is 11.1 Å². The summed E-state index contributed by atoms with van der Waals surface area (Å²) in [6.45, 7) is 3.64. The molecule has 0 aliphatic carbocycles. The number of hydrogen-bond acceptors (Lipinski definition) is 3. The van der Waals surface area contributed by atoms with E-state index in [0.29, 0.717) is 20.9 Å². The van der Waals surface area contributed by atoms with E-state index in [1.807, 2.05) is 6.92 Å². The van der Waals surface area contributed by atoms with Gasteiger partial charge in [0.2, 0.25) is 0 Å². The molecule has 0 atom stereocenters. The summed E-state index contributed by atoms with van der Waals surface area (Å²) in [4.78, 5) is 4.07. The number of aryl methyl sites for hydroxylation is 2. The van der Waals surface area contributed by atoms with Gasteiger partial charge in [0.05, 0.1) is 11.9 Å². The lowest BCUT2D eigenvalue weighted by Crippen LogP contribution is -2.14. The van der Waals surface area contributed by atoms with Crippen molar-refractivity contribution in [3.63, 3.8) is 0 Å². The minimum Gasteiger partial charge on any atom is -0.278 e. The van der Waals surface area contributed by atoms with Crippen molar-refractivity contribution >= 4 is 59.2 Å². The van der Waals surface area contributed by atoms with Crippen molar-refractivity contribution in [3.8, 4) is 0 Å². The van der Waals surface area contributed by atoms with Crippen LogP contribution in [0.4, 0.5) is 5.69 Å². The van der Waals surface area contributed by atoms with Crippen LogP contribution in [-0.2, 0) is 10.0 Å². The molecule has 21 heavy (non-hydrogen) atoms. The molecule has 112 valence electrons. The molecule has 1 N–H and O–H groups in total. The average molecular weight is 455 g/mol. The zero-order chi connectivity index (χ0) is 15.8. The third kappa shape index (κ3) is 3.77. The molecule has 1 aromatic carbocycles. The van der Waals surface area contributed by atoms with Gasteiger partial charge >= 0.3 is 0 Å². The molecule has 0 spiro atoms. The molecule has 2 aromatic rings. The topological polar surface area (TPSA) is 59.1 Å². The number of aromatic nitrogens is 1. The van der Waals surface area contributed by atoms with E-state index >= 15 is 0 Å². The molecule has 0 radical (unpaired) electrons. The zero-order valence-electron chi connectivity index (χ0n) is 11.1. The van der Waals surface area contributed by atoms with Crippen molar-refractivity contribution in [2.24, 2.45) is 0 Å². The van der Waals surface area contributed by atoms with Gasteiger partial charge in [-0.25, -0.2) is 13.4 Å². The van der Waals surface area contributed by atoms with Crippen LogP contribution >= 0.6 is 43.5 Å². The molecule has 1 aromatic heterocycles. The number of rotatable bonds is 3. The van der Waals surface area contributed by atoms with E-state index in [0.717, 1.165) is 10.0 Å². The van der Waals surface area contributed by atoms with Gasteiger partial charge in [0.1, 0.15) is 10.0 Å². The van der Waals surface area contributed by atoms with E-state index in [1.165, 1.54) is 6.20 Å². The first-order chi connectivity index (χ1) is 9.70. The van der Waals surface area contributed by atoms with E-state index in [9.17, 15) is 8.42 Å². The second kappa shape index (κ2) is 6.24. The van der Waals surface area contributed by atoms with Gasteiger partial charge in [0, 0.05) is 8.95 Å². The van der Waals surface area contributed by atoms with Crippen LogP contribution in [0.25, 0.3) is 0 Å². The van der Waals surface area contributed by atoms with Crippen molar-refractivity contribution in [1.29, 1.82) is 0 Å². The molecule has 0 bridgehead atoms. The lowest BCUT2D eigenvalue weighted by atomic mass is 10.2. The highest BCUT2D eigenvalue weighted by atomic mass is 79.9. The Morgan fingerprint density at radius 3 is 2.38 bits per heavy atom. The number of hydrogen-bond donors (Lipinski definition) is 1. The largest absolute Gasteiger partial charge is 0.278 e. The first-order valence-electron chi connectivity index (χ1n) is 5.81. The maximum absolute atomic E-state index is 12.5. The maximum Gasteiger partial charge on any atom is 0.263 e. The monoisotopic (exact) mass is 452 g/mol. The molecular formula is C13H11Br2ClN2O2S. The SMILES string of the molecule is Cc1cc(Br)c(S(=O)(=O)Nc2cnc(Cl)c(C)c2)cc1Br. The fourth-order valence-corrected chi connectivity index (χ4v) is 4.47. The summed E-state index contributed by atoms with van der Waals surface area (Å²) in [7, 11) is -3.72. The Morgan fingerprint density at radius 2 is 1.76 bits per heavy atom. The normalized spacial score (nSPS) is 11.5. The van der Waals surface area contributed by atoms with Gasteiger partial charge in [-0.15, -0.1) is 0 Å². The lowest BCUT2D eigenvalue weighted by molar-refractivity contribution is 0.600. The summed E-state index contributed by atoms with van der Waals surface area (Å²) < 4.78 is 28.6. The van der Waals surface area contributed by atoms with E-state index in [1.54, 1.807) is 25.1 Å². The second-order valence-electron chi connectivity index (χ2n) is 4.47. The Bertz CT molecular complexity index is 810. The predicted octanol–water partition coefficient (Wildman–Crippen LogP) is 4.68. The van der Waals surface area contributed by atoms with Gasteiger partial charge in [-0.2, -0.15) is 0 Å². The Balaban J connectivity index is 2.43. The number of nitrogens with zero attached hydrogens (tertiary/aromatic N) is 1. The fourth-order valence-electron chi connectivity index (χ4n) is 1.66. The molecule has 4 nitrogen and oxygen atoms in total. The molecule has 1 heterocycles. The van der Waals surface area contributed by atoms with Crippen LogP contribution in [0.3, 0.4) is 0 Å². The van der Waals surface area contributed by atoms with Gasteiger partial charge in [0.15, 0.2) is 0 Å². The number of sulfonamides is 1. The van der Waals surface area contributed by atoms with E-state index in [-0.39, 0.29) is 4.90 Å². The Kier molecular flexibility index (Phi) is 4.97. The highest BCUT2D eigenvalue weighted by molar-refractivity contribution is 9.11. The molecule has 0 aliphatic heterocycles. The van der Waals surface area contributed by atoms with Crippen LogP contribution in [-0.4, -0.2) is 13.4 Å². The summed E-state index contributed by atoms with van der Waals surface area (Å²) in [5.41, 5.74) is 1.99. The van der Waals surface area contributed by atoms with Gasteiger partial charge in [-0.1, -0.05) is 27.5 Å². The first kappa shape index (κ1) is 16.7. The molecule has 0 aliphatic rings. The molecular weight excluding hydrogens is 443 g/mol. The second-order valence-corrected chi connectivity index (χ2v) is 8.19. The number of anilines is 1. The maximum atomic E-state index is 12.5. The van der Waals surface area contributed by atoms with Crippen LogP contribution in [0.2, 0.25) is 5.15 Å². The first-order valence-corrected chi connectivity index (χ1v) is 9.26. The highest BCUT2D eigenvalue weighted by Gasteiger charge is 2.19. The summed E-state index contributed by atoms with van der Waals surface area (Å²) in [5.74, 6) is 0. The van der Waals surface area contributed by atoms with Crippen LogP contribution in [0.15, 0.2) is 38.2 Å². The standard InChI is InChI=1S/C13H11Br2ClN2O2S/c1-7-4-11(15)12(5-10(7)14)21(19,20)18-9-3-8(2)13(16)17-6-9/h3-6,18H,1-2H3. The number of halogens is 3. The van der Waals surface area contributed by atoms with Crippen molar-refractivity contribution in [2.45, 2.75) is 18.7 Å². The third-order valence-electron chi connectivity index (χ3n) is 2.77. The summed E-state index contributed by atoms with van der Waals surface area (Å²) in [6.07, 6.45) is 1.38.